The van der Waals surface area contributed by atoms with E-state index in [-0.39, 0.29) is 41.4 Å². The zero-order valence-electron chi connectivity index (χ0n) is 18.2. The second-order valence-corrected chi connectivity index (χ2v) is 8.81. The van der Waals surface area contributed by atoms with Crippen LogP contribution < -0.4 is 5.32 Å². The molecule has 166 valence electrons. The van der Waals surface area contributed by atoms with Gasteiger partial charge in [-0.1, -0.05) is 66.8 Å². The third kappa shape index (κ3) is 6.30. The van der Waals surface area contributed by atoms with Gasteiger partial charge >= 0.3 is 0 Å². The Morgan fingerprint density at radius 3 is 2.55 bits per heavy atom. The highest BCUT2D eigenvalue weighted by Crippen LogP contribution is 2.22. The largest absolute Gasteiger partial charge is 0.352 e. The van der Waals surface area contributed by atoms with Crippen molar-refractivity contribution in [1.29, 1.82) is 0 Å². The van der Waals surface area contributed by atoms with Crippen molar-refractivity contribution in [3.05, 3.63) is 70.0 Å². The molecule has 31 heavy (non-hydrogen) atoms. The fourth-order valence-corrected chi connectivity index (χ4v) is 4.34. The fourth-order valence-electron chi connectivity index (χ4n) is 4.11. The molecule has 1 unspecified atom stereocenters. The molecule has 0 bridgehead atoms. The summed E-state index contributed by atoms with van der Waals surface area (Å²) in [6.07, 6.45) is 5.15. The monoisotopic (exact) mass is 444 g/mol. The summed E-state index contributed by atoms with van der Waals surface area (Å²) in [6.45, 7) is 3.98. The van der Waals surface area contributed by atoms with Gasteiger partial charge in [0.15, 0.2) is 0 Å². The molecule has 2 aromatic carbocycles. The third-order valence-electron chi connectivity index (χ3n) is 5.94. The molecule has 3 rings (SSSR count). The van der Waals surface area contributed by atoms with Gasteiger partial charge in [0, 0.05) is 23.2 Å². The Balaban J connectivity index is 1.80. The second-order valence-electron chi connectivity index (χ2n) is 8.41. The lowest BCUT2D eigenvalue weighted by Gasteiger charge is -2.31. The fraction of sp³-hybridized carbons (Fsp3) is 0.440. The number of amides is 2. The summed E-state index contributed by atoms with van der Waals surface area (Å²) in [5.74, 6) is -1.03. The van der Waals surface area contributed by atoms with Crippen LogP contribution in [0.25, 0.3) is 0 Å². The molecular weight excluding hydrogens is 415 g/mol. The maximum absolute atomic E-state index is 14.3. The van der Waals surface area contributed by atoms with Crippen LogP contribution in [0.15, 0.2) is 42.5 Å². The van der Waals surface area contributed by atoms with Gasteiger partial charge in [0.05, 0.1) is 6.42 Å². The lowest BCUT2D eigenvalue weighted by Crippen LogP contribution is -2.50. The molecule has 1 aliphatic carbocycles. The number of rotatable bonds is 7. The molecule has 0 aromatic heterocycles. The molecule has 1 fully saturated rings. The van der Waals surface area contributed by atoms with Gasteiger partial charge in [-0.25, -0.2) is 4.39 Å². The van der Waals surface area contributed by atoms with Crippen molar-refractivity contribution in [2.75, 3.05) is 0 Å². The van der Waals surface area contributed by atoms with Crippen molar-refractivity contribution in [2.24, 2.45) is 0 Å². The molecule has 0 saturated heterocycles. The number of halogens is 2. The molecule has 6 heteroatoms. The van der Waals surface area contributed by atoms with E-state index < -0.39 is 11.9 Å². The number of nitrogens with zero attached hydrogens (tertiary/aromatic N) is 1. The maximum atomic E-state index is 14.3. The van der Waals surface area contributed by atoms with E-state index in [9.17, 15) is 14.0 Å². The first-order chi connectivity index (χ1) is 14.8. The van der Waals surface area contributed by atoms with Crippen LogP contribution >= 0.6 is 11.6 Å². The van der Waals surface area contributed by atoms with Crippen molar-refractivity contribution < 1.29 is 14.0 Å². The summed E-state index contributed by atoms with van der Waals surface area (Å²) in [7, 11) is 0. The van der Waals surface area contributed by atoms with Crippen LogP contribution in [0.4, 0.5) is 4.39 Å². The maximum Gasteiger partial charge on any atom is 0.242 e. The number of carbonyl (C=O) groups excluding carboxylic acids is 2. The molecule has 1 saturated carbocycles. The van der Waals surface area contributed by atoms with E-state index in [1.165, 1.54) is 23.5 Å². The first kappa shape index (κ1) is 23.3. The van der Waals surface area contributed by atoms with Crippen LogP contribution in [0.3, 0.4) is 0 Å². The Morgan fingerprint density at radius 2 is 1.87 bits per heavy atom. The molecule has 0 spiro atoms. The van der Waals surface area contributed by atoms with Crippen molar-refractivity contribution in [2.45, 2.75) is 71.0 Å². The van der Waals surface area contributed by atoms with E-state index in [1.807, 2.05) is 31.2 Å². The summed E-state index contributed by atoms with van der Waals surface area (Å²) in [4.78, 5) is 27.8. The predicted molar refractivity (Wildman–Crippen MR) is 121 cm³/mol. The van der Waals surface area contributed by atoms with Crippen molar-refractivity contribution in [3.63, 3.8) is 0 Å². The number of nitrogens with one attached hydrogen (secondary N) is 1. The first-order valence-corrected chi connectivity index (χ1v) is 11.3. The SMILES string of the molecule is Cc1cccc(CN(C(=O)Cc2c(F)cccc2Cl)C(C)C(=O)NC2CCCCC2)c1. The normalized spacial score (nSPS) is 15.4. The van der Waals surface area contributed by atoms with E-state index in [2.05, 4.69) is 5.32 Å². The minimum atomic E-state index is -0.680. The summed E-state index contributed by atoms with van der Waals surface area (Å²) in [5.41, 5.74) is 2.15. The zero-order valence-corrected chi connectivity index (χ0v) is 18.9. The summed E-state index contributed by atoms with van der Waals surface area (Å²) in [6, 6.07) is 11.7. The van der Waals surface area contributed by atoms with E-state index in [0.29, 0.717) is 0 Å². The highest BCUT2D eigenvalue weighted by molar-refractivity contribution is 6.31. The first-order valence-electron chi connectivity index (χ1n) is 10.9. The van der Waals surface area contributed by atoms with Gasteiger partial charge in [-0.05, 0) is 44.4 Å². The Bertz CT molecular complexity index is 907. The van der Waals surface area contributed by atoms with Gasteiger partial charge in [0.25, 0.3) is 0 Å². The lowest BCUT2D eigenvalue weighted by molar-refractivity contribution is -0.140. The van der Waals surface area contributed by atoms with Crippen molar-refractivity contribution >= 4 is 23.4 Å². The van der Waals surface area contributed by atoms with Gasteiger partial charge in [-0.2, -0.15) is 0 Å². The van der Waals surface area contributed by atoms with E-state index in [0.717, 1.165) is 36.8 Å². The predicted octanol–water partition coefficient (Wildman–Crippen LogP) is 5.20. The van der Waals surface area contributed by atoms with Crippen LogP contribution in [0.2, 0.25) is 5.02 Å². The van der Waals surface area contributed by atoms with Gasteiger partial charge in [0.2, 0.25) is 11.8 Å². The van der Waals surface area contributed by atoms with Crippen LogP contribution in [-0.2, 0) is 22.6 Å². The minimum absolute atomic E-state index is 0.153. The van der Waals surface area contributed by atoms with Crippen LogP contribution in [0.5, 0.6) is 0 Å². The number of benzene rings is 2. The molecular formula is C25H30ClFN2O2. The Morgan fingerprint density at radius 1 is 1.16 bits per heavy atom. The topological polar surface area (TPSA) is 49.4 Å². The number of hydrogen-bond acceptors (Lipinski definition) is 2. The van der Waals surface area contributed by atoms with E-state index >= 15 is 0 Å². The Hall–Kier alpha value is -2.40. The average Bonchev–Trinajstić information content (AvgIpc) is 2.75. The van der Waals surface area contributed by atoms with Gasteiger partial charge in [-0.3, -0.25) is 9.59 Å². The quantitative estimate of drug-likeness (QED) is 0.638. The van der Waals surface area contributed by atoms with E-state index in [4.69, 9.17) is 11.6 Å². The molecule has 1 atom stereocenters. The molecule has 1 aliphatic rings. The molecule has 0 aliphatic heterocycles. The highest BCUT2D eigenvalue weighted by Gasteiger charge is 2.29. The summed E-state index contributed by atoms with van der Waals surface area (Å²) in [5, 5.41) is 3.32. The molecule has 2 aromatic rings. The lowest BCUT2D eigenvalue weighted by atomic mass is 9.95. The van der Waals surface area contributed by atoms with Crippen LogP contribution in [0, 0.1) is 12.7 Å². The average molecular weight is 445 g/mol. The van der Waals surface area contributed by atoms with Crippen molar-refractivity contribution in [3.8, 4) is 0 Å². The highest BCUT2D eigenvalue weighted by atomic mass is 35.5. The minimum Gasteiger partial charge on any atom is -0.352 e. The Kier molecular flexibility index (Phi) is 8.08. The molecule has 4 nitrogen and oxygen atoms in total. The summed E-state index contributed by atoms with van der Waals surface area (Å²) < 4.78 is 14.3. The standard InChI is InChI=1S/C25H30ClFN2O2/c1-17-8-6-9-19(14-17)16-29(18(2)25(31)28-20-10-4-3-5-11-20)24(30)15-21-22(26)12-7-13-23(21)27/h6-9,12-14,18,20H,3-5,10-11,15-16H2,1-2H3,(H,28,31). The smallest absolute Gasteiger partial charge is 0.242 e. The van der Waals surface area contributed by atoms with Crippen LogP contribution in [0.1, 0.15) is 55.7 Å². The number of carbonyl (C=O) groups is 2. The van der Waals surface area contributed by atoms with Gasteiger partial charge < -0.3 is 10.2 Å². The number of aryl methyl sites for hydroxylation is 1. The molecule has 2 amide bonds. The second kappa shape index (κ2) is 10.8. The van der Waals surface area contributed by atoms with Crippen LogP contribution in [-0.4, -0.2) is 28.8 Å². The molecule has 0 heterocycles. The van der Waals surface area contributed by atoms with Gasteiger partial charge in [0.1, 0.15) is 11.9 Å². The number of hydrogen-bond donors (Lipinski definition) is 1. The molecule has 0 radical (unpaired) electrons. The molecule has 1 N–H and O–H groups in total. The zero-order chi connectivity index (χ0) is 22.4. The summed E-state index contributed by atoms with van der Waals surface area (Å²) >= 11 is 6.14. The third-order valence-corrected chi connectivity index (χ3v) is 6.30. The van der Waals surface area contributed by atoms with E-state index in [1.54, 1.807) is 13.0 Å². The van der Waals surface area contributed by atoms with Gasteiger partial charge in [-0.15, -0.1) is 0 Å². The van der Waals surface area contributed by atoms with Crippen molar-refractivity contribution in [1.82, 2.24) is 10.2 Å². The Labute approximate surface area is 188 Å².